The monoisotopic (exact) mass is 382 g/mol. The Labute approximate surface area is 156 Å². The Morgan fingerprint density at radius 3 is 2.85 bits per heavy atom. The van der Waals surface area contributed by atoms with Gasteiger partial charge in [-0.3, -0.25) is 9.78 Å². The highest BCUT2D eigenvalue weighted by atomic mass is 32.2. The molecule has 26 heavy (non-hydrogen) atoms. The molecule has 0 saturated carbocycles. The van der Waals surface area contributed by atoms with Crippen LogP contribution in [0.3, 0.4) is 0 Å². The van der Waals surface area contributed by atoms with E-state index < -0.39 is 21.8 Å². The second-order valence-electron chi connectivity index (χ2n) is 7.37. The van der Waals surface area contributed by atoms with E-state index in [0.717, 1.165) is 18.4 Å². The second-order valence-corrected chi connectivity index (χ2v) is 8.99. The molecule has 0 bridgehead atoms. The molecular formula is C18H30N4O3S. The van der Waals surface area contributed by atoms with Crippen molar-refractivity contribution in [2.24, 2.45) is 0 Å². The minimum absolute atomic E-state index is 0.214. The molecule has 146 valence electrons. The van der Waals surface area contributed by atoms with Gasteiger partial charge in [0, 0.05) is 31.0 Å². The lowest BCUT2D eigenvalue weighted by Gasteiger charge is -2.30. The van der Waals surface area contributed by atoms with E-state index in [1.54, 1.807) is 6.20 Å². The number of carbonyl (C=O) groups is 1. The first-order valence-electron chi connectivity index (χ1n) is 9.22. The molecule has 2 N–H and O–H groups in total. The van der Waals surface area contributed by atoms with Crippen molar-refractivity contribution in [3.63, 3.8) is 0 Å². The first kappa shape index (κ1) is 20.8. The number of rotatable bonds is 9. The van der Waals surface area contributed by atoms with Gasteiger partial charge in [0.1, 0.15) is 6.04 Å². The van der Waals surface area contributed by atoms with Gasteiger partial charge < -0.3 is 5.32 Å². The Morgan fingerprint density at radius 1 is 1.42 bits per heavy atom. The third-order valence-corrected chi connectivity index (χ3v) is 6.63. The van der Waals surface area contributed by atoms with Gasteiger partial charge in [-0.25, -0.2) is 0 Å². The van der Waals surface area contributed by atoms with Crippen molar-refractivity contribution in [1.29, 1.82) is 0 Å². The van der Waals surface area contributed by atoms with E-state index >= 15 is 0 Å². The SMILES string of the molecule is CCC(C)(C)NS(=O)(=O)N1CCC[C@H]1C(=O)NCCCc1cccnc1. The normalized spacial score (nSPS) is 18.8. The first-order chi connectivity index (χ1) is 12.2. The summed E-state index contributed by atoms with van der Waals surface area (Å²) in [6.45, 7) is 6.51. The van der Waals surface area contributed by atoms with E-state index in [1.807, 2.05) is 39.1 Å². The minimum atomic E-state index is -3.68. The largest absolute Gasteiger partial charge is 0.355 e. The molecule has 1 amide bonds. The lowest BCUT2D eigenvalue weighted by Crippen LogP contribution is -2.54. The Bertz CT molecular complexity index is 692. The van der Waals surface area contributed by atoms with Crippen LogP contribution in [0.15, 0.2) is 24.5 Å². The standard InChI is InChI=1S/C18H30N4O3S/c1-4-18(2,3)21-26(24,25)22-13-7-10-16(22)17(23)20-12-6-9-15-8-5-11-19-14-15/h5,8,11,14,16,21H,4,6-7,9-10,12-13H2,1-3H3,(H,20,23)/t16-/m0/s1. The second kappa shape index (κ2) is 8.92. The number of hydrogen-bond acceptors (Lipinski definition) is 4. The van der Waals surface area contributed by atoms with Gasteiger partial charge in [0.2, 0.25) is 5.91 Å². The van der Waals surface area contributed by atoms with Crippen molar-refractivity contribution in [3.05, 3.63) is 30.1 Å². The molecule has 0 aliphatic carbocycles. The van der Waals surface area contributed by atoms with Crippen molar-refractivity contribution in [2.75, 3.05) is 13.1 Å². The molecule has 1 aliphatic heterocycles. The van der Waals surface area contributed by atoms with Gasteiger partial charge in [0.05, 0.1) is 0 Å². The van der Waals surface area contributed by atoms with Crippen molar-refractivity contribution >= 4 is 16.1 Å². The molecule has 1 aliphatic rings. The van der Waals surface area contributed by atoms with Crippen molar-refractivity contribution < 1.29 is 13.2 Å². The summed E-state index contributed by atoms with van der Waals surface area (Å²) in [4.78, 5) is 16.6. The molecule has 1 atom stereocenters. The lowest BCUT2D eigenvalue weighted by atomic mass is 10.0. The smallest absolute Gasteiger partial charge is 0.280 e. The van der Waals surface area contributed by atoms with Crippen LogP contribution < -0.4 is 10.0 Å². The summed E-state index contributed by atoms with van der Waals surface area (Å²) in [6.07, 6.45) is 7.09. The fraction of sp³-hybridized carbons (Fsp3) is 0.667. The zero-order valence-electron chi connectivity index (χ0n) is 15.9. The predicted octanol–water partition coefficient (Wildman–Crippen LogP) is 1.62. The number of nitrogens with zero attached hydrogens (tertiary/aromatic N) is 2. The van der Waals surface area contributed by atoms with Crippen LogP contribution in [0.25, 0.3) is 0 Å². The van der Waals surface area contributed by atoms with Gasteiger partial charge in [-0.05, 0) is 57.6 Å². The molecule has 1 saturated heterocycles. The molecule has 0 spiro atoms. The molecule has 0 aromatic carbocycles. The number of aryl methyl sites for hydroxylation is 1. The molecule has 2 rings (SSSR count). The van der Waals surface area contributed by atoms with Gasteiger partial charge in [0.15, 0.2) is 0 Å². The van der Waals surface area contributed by atoms with Gasteiger partial charge in [0.25, 0.3) is 10.2 Å². The summed E-state index contributed by atoms with van der Waals surface area (Å²) < 4.78 is 29.3. The quantitative estimate of drug-likeness (QED) is 0.635. The number of amides is 1. The molecule has 1 aromatic rings. The van der Waals surface area contributed by atoms with Crippen molar-refractivity contribution in [1.82, 2.24) is 19.3 Å². The summed E-state index contributed by atoms with van der Waals surface area (Å²) in [7, 11) is -3.68. The van der Waals surface area contributed by atoms with E-state index in [9.17, 15) is 13.2 Å². The Morgan fingerprint density at radius 2 is 2.19 bits per heavy atom. The Hall–Kier alpha value is -1.51. The van der Waals surface area contributed by atoms with E-state index in [1.165, 1.54) is 4.31 Å². The predicted molar refractivity (Wildman–Crippen MR) is 102 cm³/mol. The average Bonchev–Trinajstić information content (AvgIpc) is 3.09. The summed E-state index contributed by atoms with van der Waals surface area (Å²) in [5, 5.41) is 2.88. The van der Waals surface area contributed by atoms with Gasteiger partial charge in [-0.1, -0.05) is 13.0 Å². The number of carbonyl (C=O) groups excluding carboxylic acids is 1. The fourth-order valence-electron chi connectivity index (χ4n) is 2.94. The van der Waals surface area contributed by atoms with E-state index in [0.29, 0.717) is 32.4 Å². The highest BCUT2D eigenvalue weighted by molar-refractivity contribution is 7.87. The molecule has 1 fully saturated rings. The summed E-state index contributed by atoms with van der Waals surface area (Å²) >= 11 is 0. The van der Waals surface area contributed by atoms with Gasteiger partial charge in [-0.15, -0.1) is 0 Å². The maximum absolute atomic E-state index is 12.7. The molecule has 7 nitrogen and oxygen atoms in total. The maximum Gasteiger partial charge on any atom is 0.280 e. The zero-order valence-corrected chi connectivity index (χ0v) is 16.7. The molecule has 1 aromatic heterocycles. The van der Waals surface area contributed by atoms with Crippen molar-refractivity contribution in [2.45, 2.75) is 64.5 Å². The molecule has 2 heterocycles. The molecule has 0 radical (unpaired) electrons. The van der Waals surface area contributed by atoms with E-state index in [-0.39, 0.29) is 5.91 Å². The van der Waals surface area contributed by atoms with Crippen LogP contribution >= 0.6 is 0 Å². The first-order valence-corrected chi connectivity index (χ1v) is 10.7. The number of nitrogens with one attached hydrogen (secondary N) is 2. The molecular weight excluding hydrogens is 352 g/mol. The zero-order chi connectivity index (χ0) is 19.2. The summed E-state index contributed by atoms with van der Waals surface area (Å²) in [6, 6.07) is 3.26. The molecule has 8 heteroatoms. The van der Waals surface area contributed by atoms with Crippen molar-refractivity contribution in [3.8, 4) is 0 Å². The Balaban J connectivity index is 1.87. The van der Waals surface area contributed by atoms with Crippen LogP contribution in [0.1, 0.15) is 52.0 Å². The van der Waals surface area contributed by atoms with E-state index in [2.05, 4.69) is 15.0 Å². The fourth-order valence-corrected chi connectivity index (χ4v) is 4.80. The maximum atomic E-state index is 12.7. The number of aromatic nitrogens is 1. The highest BCUT2D eigenvalue weighted by Gasteiger charge is 2.40. The number of hydrogen-bond donors (Lipinski definition) is 2. The third kappa shape index (κ3) is 5.75. The summed E-state index contributed by atoms with van der Waals surface area (Å²) in [5.74, 6) is -0.214. The Kier molecular flexibility index (Phi) is 7.14. The van der Waals surface area contributed by atoms with Gasteiger partial charge >= 0.3 is 0 Å². The average molecular weight is 383 g/mol. The van der Waals surface area contributed by atoms with Crippen LogP contribution in [0.4, 0.5) is 0 Å². The van der Waals surface area contributed by atoms with E-state index in [4.69, 9.17) is 0 Å². The lowest BCUT2D eigenvalue weighted by molar-refractivity contribution is -0.124. The molecule has 0 unspecified atom stereocenters. The minimum Gasteiger partial charge on any atom is -0.355 e. The van der Waals surface area contributed by atoms with Crippen LogP contribution in [0, 0.1) is 0 Å². The van der Waals surface area contributed by atoms with Crippen LogP contribution in [0.5, 0.6) is 0 Å². The third-order valence-electron chi connectivity index (χ3n) is 4.77. The van der Waals surface area contributed by atoms with Crippen LogP contribution in [0.2, 0.25) is 0 Å². The van der Waals surface area contributed by atoms with Crippen LogP contribution in [-0.2, 0) is 21.4 Å². The van der Waals surface area contributed by atoms with Crippen LogP contribution in [-0.4, -0.2) is 48.3 Å². The topological polar surface area (TPSA) is 91.4 Å². The highest BCUT2D eigenvalue weighted by Crippen LogP contribution is 2.22. The van der Waals surface area contributed by atoms with Gasteiger partial charge in [-0.2, -0.15) is 17.4 Å². The number of pyridine rings is 1. The summed E-state index contributed by atoms with van der Waals surface area (Å²) in [5.41, 5.74) is 0.587.